The molecule has 0 atom stereocenters. The van der Waals surface area contributed by atoms with Crippen molar-refractivity contribution in [1.29, 1.82) is 0 Å². The maximum atomic E-state index is 2.57. The predicted molar refractivity (Wildman–Crippen MR) is 135 cm³/mol. The van der Waals surface area contributed by atoms with Gasteiger partial charge < -0.3 is 4.90 Å². The van der Waals surface area contributed by atoms with Gasteiger partial charge >= 0.3 is 0 Å². The van der Waals surface area contributed by atoms with E-state index in [2.05, 4.69) is 73.3 Å². The van der Waals surface area contributed by atoms with Crippen LogP contribution in [0.2, 0.25) is 0 Å². The molecule has 1 nitrogen and oxygen atoms in total. The molecule has 0 saturated carbocycles. The molecular formula is C29H45N. The van der Waals surface area contributed by atoms with Gasteiger partial charge in [-0.05, 0) is 43.0 Å². The molecule has 0 bridgehead atoms. The van der Waals surface area contributed by atoms with Crippen LogP contribution in [0.3, 0.4) is 0 Å². The summed E-state index contributed by atoms with van der Waals surface area (Å²) in [7, 11) is 0. The van der Waals surface area contributed by atoms with E-state index in [1.807, 2.05) is 0 Å². The minimum Gasteiger partial charge on any atom is -0.341 e. The van der Waals surface area contributed by atoms with Gasteiger partial charge in [-0.1, -0.05) is 121 Å². The number of hydrogen-bond acceptors (Lipinski definition) is 1. The lowest BCUT2D eigenvalue weighted by Gasteiger charge is -2.27. The third-order valence-electron chi connectivity index (χ3n) is 6.14. The zero-order chi connectivity index (χ0) is 21.3. The lowest BCUT2D eigenvalue weighted by atomic mass is 10.0. The van der Waals surface area contributed by atoms with Crippen LogP contribution in [0.25, 0.3) is 0 Å². The molecule has 30 heavy (non-hydrogen) atoms. The normalized spacial score (nSPS) is 11.0. The van der Waals surface area contributed by atoms with Crippen molar-refractivity contribution in [3.63, 3.8) is 0 Å². The molecule has 0 amide bonds. The van der Waals surface area contributed by atoms with Gasteiger partial charge in [-0.2, -0.15) is 0 Å². The quantitative estimate of drug-likeness (QED) is 0.236. The van der Waals surface area contributed by atoms with E-state index >= 15 is 0 Å². The fraction of sp³-hybridized carbons (Fsp3) is 0.586. The first kappa shape index (κ1) is 24.5. The summed E-state index contributed by atoms with van der Waals surface area (Å²) < 4.78 is 0. The Morgan fingerprint density at radius 2 is 1.07 bits per heavy atom. The van der Waals surface area contributed by atoms with E-state index in [4.69, 9.17) is 0 Å². The van der Waals surface area contributed by atoms with E-state index in [-0.39, 0.29) is 0 Å². The highest BCUT2D eigenvalue weighted by Crippen LogP contribution is 2.30. The Morgan fingerprint density at radius 1 is 0.533 bits per heavy atom. The Bertz CT molecular complexity index is 648. The maximum absolute atomic E-state index is 2.57. The number of unbranched alkanes of at least 4 members (excludes halogenated alkanes) is 11. The van der Waals surface area contributed by atoms with Crippen LogP contribution in [0, 0.1) is 0 Å². The van der Waals surface area contributed by atoms with Crippen LogP contribution in [0.4, 0.5) is 11.4 Å². The molecule has 0 fully saturated rings. The summed E-state index contributed by atoms with van der Waals surface area (Å²) in [4.78, 5) is 2.57. The Hall–Kier alpha value is -1.76. The lowest BCUT2D eigenvalue weighted by Crippen LogP contribution is -2.20. The summed E-state index contributed by atoms with van der Waals surface area (Å²) in [5, 5.41) is 0. The first-order chi connectivity index (χ1) is 14.9. The highest BCUT2D eigenvalue weighted by Gasteiger charge is 2.12. The van der Waals surface area contributed by atoms with Crippen molar-refractivity contribution < 1.29 is 0 Å². The molecule has 0 saturated heterocycles. The fourth-order valence-electron chi connectivity index (χ4n) is 4.30. The molecule has 0 N–H and O–H groups in total. The first-order valence-corrected chi connectivity index (χ1v) is 12.8. The van der Waals surface area contributed by atoms with Crippen LogP contribution < -0.4 is 4.90 Å². The number of benzene rings is 2. The van der Waals surface area contributed by atoms with Crippen LogP contribution >= 0.6 is 0 Å². The molecule has 1 heteroatoms. The highest BCUT2D eigenvalue weighted by atomic mass is 15.1. The largest absolute Gasteiger partial charge is 0.341 e. The minimum absolute atomic E-state index is 1.12. The van der Waals surface area contributed by atoms with Gasteiger partial charge in [0.15, 0.2) is 0 Å². The van der Waals surface area contributed by atoms with Gasteiger partial charge in [0, 0.05) is 17.9 Å². The third kappa shape index (κ3) is 9.37. The zero-order valence-corrected chi connectivity index (χ0v) is 19.7. The van der Waals surface area contributed by atoms with Crippen LogP contribution in [-0.4, -0.2) is 6.54 Å². The van der Waals surface area contributed by atoms with Crippen LogP contribution in [-0.2, 0) is 6.42 Å². The molecule has 0 aliphatic carbocycles. The summed E-state index contributed by atoms with van der Waals surface area (Å²) >= 11 is 0. The maximum Gasteiger partial charge on any atom is 0.0443 e. The second-order valence-corrected chi connectivity index (χ2v) is 8.75. The van der Waals surface area contributed by atoms with E-state index in [0.29, 0.717) is 0 Å². The molecular weight excluding hydrogens is 362 g/mol. The average molecular weight is 408 g/mol. The number of hydrogen-bond donors (Lipinski definition) is 0. The number of aryl methyl sites for hydroxylation is 1. The summed E-state index contributed by atoms with van der Waals surface area (Å²) in [6, 6.07) is 20.1. The Balaban J connectivity index is 1.96. The molecule has 0 radical (unpaired) electrons. The van der Waals surface area contributed by atoms with E-state index in [0.717, 1.165) is 6.54 Å². The van der Waals surface area contributed by atoms with Crippen LogP contribution in [0.1, 0.15) is 103 Å². The van der Waals surface area contributed by atoms with Crippen molar-refractivity contribution in [1.82, 2.24) is 0 Å². The Kier molecular flexibility index (Phi) is 13.1. The number of anilines is 2. The topological polar surface area (TPSA) is 3.24 Å². The number of para-hydroxylation sites is 2. The van der Waals surface area contributed by atoms with Crippen molar-refractivity contribution >= 4 is 11.4 Å². The second kappa shape index (κ2) is 16.0. The zero-order valence-electron chi connectivity index (χ0n) is 19.7. The SMILES string of the molecule is CCCCCCCCCN(c1ccccc1)c1ccccc1CCCCCCCC. The monoisotopic (exact) mass is 407 g/mol. The van der Waals surface area contributed by atoms with Crippen molar-refractivity contribution in [3.8, 4) is 0 Å². The van der Waals surface area contributed by atoms with E-state index in [1.165, 1.54) is 107 Å². The Labute approximate surface area is 186 Å². The Morgan fingerprint density at radius 3 is 1.73 bits per heavy atom. The molecule has 0 aliphatic rings. The van der Waals surface area contributed by atoms with E-state index in [1.54, 1.807) is 0 Å². The van der Waals surface area contributed by atoms with Crippen molar-refractivity contribution in [2.24, 2.45) is 0 Å². The molecule has 0 aromatic heterocycles. The highest BCUT2D eigenvalue weighted by molar-refractivity contribution is 5.66. The molecule has 166 valence electrons. The fourth-order valence-corrected chi connectivity index (χ4v) is 4.30. The molecule has 2 rings (SSSR count). The molecule has 0 aliphatic heterocycles. The molecule has 0 spiro atoms. The van der Waals surface area contributed by atoms with Gasteiger partial charge in [-0.15, -0.1) is 0 Å². The van der Waals surface area contributed by atoms with Crippen LogP contribution in [0.5, 0.6) is 0 Å². The molecule has 2 aromatic rings. The summed E-state index contributed by atoms with van der Waals surface area (Å²) in [6.07, 6.45) is 18.9. The first-order valence-electron chi connectivity index (χ1n) is 12.8. The van der Waals surface area contributed by atoms with Gasteiger partial charge in [0.05, 0.1) is 0 Å². The van der Waals surface area contributed by atoms with Gasteiger partial charge in [0.2, 0.25) is 0 Å². The standard InChI is InChI=1S/C29H45N/c1-3-5-7-9-11-13-20-26-30(28-23-16-14-17-24-28)29-25-19-18-22-27(29)21-15-12-10-8-6-4-2/h14,16-19,22-25H,3-13,15,20-21,26H2,1-2H3. The number of nitrogens with zero attached hydrogens (tertiary/aromatic N) is 1. The molecule has 0 unspecified atom stereocenters. The smallest absolute Gasteiger partial charge is 0.0443 e. The second-order valence-electron chi connectivity index (χ2n) is 8.75. The lowest BCUT2D eigenvalue weighted by molar-refractivity contribution is 0.590. The third-order valence-corrected chi connectivity index (χ3v) is 6.14. The van der Waals surface area contributed by atoms with Gasteiger partial charge in [0.1, 0.15) is 0 Å². The van der Waals surface area contributed by atoms with Crippen LogP contribution in [0.15, 0.2) is 54.6 Å². The summed E-state index contributed by atoms with van der Waals surface area (Å²) in [5.41, 5.74) is 4.27. The van der Waals surface area contributed by atoms with Crippen molar-refractivity contribution in [3.05, 3.63) is 60.2 Å². The molecule has 0 heterocycles. The van der Waals surface area contributed by atoms with E-state index in [9.17, 15) is 0 Å². The predicted octanol–water partition coefficient (Wildman–Crippen LogP) is 9.48. The number of rotatable bonds is 17. The van der Waals surface area contributed by atoms with Crippen molar-refractivity contribution in [2.75, 3.05) is 11.4 Å². The van der Waals surface area contributed by atoms with Crippen molar-refractivity contribution in [2.45, 2.75) is 104 Å². The summed E-state index contributed by atoms with van der Waals surface area (Å²) in [6.45, 7) is 5.70. The average Bonchev–Trinajstić information content (AvgIpc) is 2.79. The minimum atomic E-state index is 1.12. The van der Waals surface area contributed by atoms with Gasteiger partial charge in [-0.25, -0.2) is 0 Å². The molecule has 2 aromatic carbocycles. The van der Waals surface area contributed by atoms with Gasteiger partial charge in [-0.3, -0.25) is 0 Å². The van der Waals surface area contributed by atoms with Gasteiger partial charge in [0.25, 0.3) is 0 Å². The van der Waals surface area contributed by atoms with E-state index < -0.39 is 0 Å². The summed E-state index contributed by atoms with van der Waals surface area (Å²) in [5.74, 6) is 0.